The summed E-state index contributed by atoms with van der Waals surface area (Å²) in [5, 5.41) is 0. The number of halogens is 14. The molecule has 0 aliphatic carbocycles. The second kappa shape index (κ2) is 7.07. The van der Waals surface area contributed by atoms with Gasteiger partial charge in [-0.25, -0.2) is 0 Å². The number of piperidine rings is 1. The molecule has 2 unspecified atom stereocenters. The van der Waals surface area contributed by atoms with Gasteiger partial charge in [0.1, 0.15) is 0 Å². The van der Waals surface area contributed by atoms with Crippen molar-refractivity contribution in [3.8, 4) is 0 Å². The lowest BCUT2D eigenvalue weighted by Crippen LogP contribution is -2.56. The molecular formula is C11H8F14N2. The molecule has 0 aromatic carbocycles. The van der Waals surface area contributed by atoms with Crippen LogP contribution in [0.1, 0.15) is 6.42 Å². The summed E-state index contributed by atoms with van der Waals surface area (Å²) in [5.74, 6) is -9.27. The van der Waals surface area contributed by atoms with Crippen molar-refractivity contribution in [3.63, 3.8) is 0 Å². The maximum atomic E-state index is 12.9. The largest absolute Gasteiger partial charge is 0.493 e. The van der Waals surface area contributed by atoms with Gasteiger partial charge < -0.3 is 4.90 Å². The van der Waals surface area contributed by atoms with E-state index in [1.54, 1.807) is 0 Å². The van der Waals surface area contributed by atoms with Gasteiger partial charge in [0.25, 0.3) is 0 Å². The van der Waals surface area contributed by atoms with E-state index >= 15 is 0 Å². The molecular weight excluding hydrogens is 426 g/mol. The van der Waals surface area contributed by atoms with E-state index in [-0.39, 0.29) is 0 Å². The predicted molar refractivity (Wildman–Crippen MR) is 58.5 cm³/mol. The Kier molecular flexibility index (Phi) is 6.13. The van der Waals surface area contributed by atoms with Crippen LogP contribution in [0.5, 0.6) is 0 Å². The first kappa shape index (κ1) is 23.4. The number of rotatable bonds is 2. The SMILES string of the molecule is FC(F)=C(N1CC(C(F)(F)F)CC(C(F)(F)F)C1)N(C(F)(F)F)C(F)(F)F. The average molecular weight is 434 g/mol. The number of hydrogen-bond donors (Lipinski definition) is 0. The van der Waals surface area contributed by atoms with Gasteiger partial charge in [0, 0.05) is 13.1 Å². The van der Waals surface area contributed by atoms with Crippen molar-refractivity contribution in [3.05, 3.63) is 11.9 Å². The van der Waals surface area contributed by atoms with Crippen LogP contribution in [0.3, 0.4) is 0 Å². The van der Waals surface area contributed by atoms with Crippen LogP contribution in [0, 0.1) is 11.8 Å². The lowest BCUT2D eigenvalue weighted by molar-refractivity contribution is -0.367. The topological polar surface area (TPSA) is 6.48 Å². The Hall–Kier alpha value is -1.64. The van der Waals surface area contributed by atoms with Gasteiger partial charge in [-0.05, 0) is 6.42 Å². The molecule has 1 aliphatic heterocycles. The van der Waals surface area contributed by atoms with E-state index in [2.05, 4.69) is 0 Å². The highest BCUT2D eigenvalue weighted by Crippen LogP contribution is 2.46. The fourth-order valence-corrected chi connectivity index (χ4v) is 2.48. The van der Waals surface area contributed by atoms with Crippen molar-refractivity contribution in [2.24, 2.45) is 11.8 Å². The minimum atomic E-state index is -6.59. The summed E-state index contributed by atoms with van der Waals surface area (Å²) in [5.41, 5.74) is 0. The first-order valence-corrected chi connectivity index (χ1v) is 6.63. The third-order valence-corrected chi connectivity index (χ3v) is 3.56. The zero-order valence-corrected chi connectivity index (χ0v) is 12.5. The van der Waals surface area contributed by atoms with Crippen molar-refractivity contribution in [2.75, 3.05) is 13.1 Å². The molecule has 0 radical (unpaired) electrons. The number of hydrogen-bond acceptors (Lipinski definition) is 2. The molecule has 0 bridgehead atoms. The van der Waals surface area contributed by atoms with Gasteiger partial charge in [-0.3, -0.25) is 0 Å². The van der Waals surface area contributed by atoms with Gasteiger partial charge in [-0.1, -0.05) is 0 Å². The van der Waals surface area contributed by atoms with E-state index in [9.17, 15) is 61.5 Å². The maximum absolute atomic E-state index is 12.9. The van der Waals surface area contributed by atoms with Crippen molar-refractivity contribution in [1.82, 2.24) is 9.80 Å². The van der Waals surface area contributed by atoms with Crippen LogP contribution in [0.15, 0.2) is 11.9 Å². The molecule has 1 fully saturated rings. The molecule has 0 saturated carbocycles. The van der Waals surface area contributed by atoms with E-state index in [0.29, 0.717) is 0 Å². The van der Waals surface area contributed by atoms with E-state index < -0.39 is 78.0 Å². The number of nitrogens with zero attached hydrogens (tertiary/aromatic N) is 2. The minimum Gasteiger partial charge on any atom is -0.352 e. The van der Waals surface area contributed by atoms with Crippen LogP contribution >= 0.6 is 0 Å². The second-order valence-corrected chi connectivity index (χ2v) is 5.47. The Balaban J connectivity index is 3.47. The molecule has 1 heterocycles. The second-order valence-electron chi connectivity index (χ2n) is 5.47. The Labute approximate surface area is 141 Å². The van der Waals surface area contributed by atoms with Crippen LogP contribution in [-0.2, 0) is 0 Å². The van der Waals surface area contributed by atoms with E-state index in [1.165, 1.54) is 0 Å². The molecule has 160 valence electrons. The summed E-state index contributed by atoms with van der Waals surface area (Å²) < 4.78 is 178. The highest BCUT2D eigenvalue weighted by molar-refractivity contribution is 5.07. The molecule has 1 rings (SSSR count). The van der Waals surface area contributed by atoms with Crippen LogP contribution in [0.4, 0.5) is 61.5 Å². The molecule has 0 aromatic heterocycles. The lowest BCUT2D eigenvalue weighted by Gasteiger charge is -2.43. The summed E-state index contributed by atoms with van der Waals surface area (Å²) in [6, 6.07) is 0. The van der Waals surface area contributed by atoms with Crippen molar-refractivity contribution < 1.29 is 61.5 Å². The van der Waals surface area contributed by atoms with Crippen molar-refractivity contribution in [2.45, 2.75) is 31.4 Å². The highest BCUT2D eigenvalue weighted by Gasteiger charge is 2.60. The molecule has 0 aromatic rings. The standard InChI is InChI=1S/C11H8F14N2/c12-6(13)7(27(10(20,21)22)11(23,24)25)26-2-4(8(14,15)16)1-5(3-26)9(17,18)19/h4-5H,1-3H2. The maximum Gasteiger partial charge on any atom is 0.493 e. The van der Waals surface area contributed by atoms with Gasteiger partial charge in [0.2, 0.25) is 0 Å². The average Bonchev–Trinajstić information content (AvgIpc) is 2.39. The fraction of sp³-hybridized carbons (Fsp3) is 0.818. The van der Waals surface area contributed by atoms with Crippen LogP contribution < -0.4 is 0 Å². The molecule has 27 heavy (non-hydrogen) atoms. The normalized spacial score (nSPS) is 22.7. The van der Waals surface area contributed by atoms with Crippen LogP contribution in [0.2, 0.25) is 0 Å². The van der Waals surface area contributed by atoms with Gasteiger partial charge in [0.15, 0.2) is 5.82 Å². The molecule has 0 N–H and O–H groups in total. The highest BCUT2D eigenvalue weighted by atomic mass is 19.4. The Bertz CT molecular complexity index is 513. The summed E-state index contributed by atoms with van der Waals surface area (Å²) in [6.45, 7) is -3.88. The van der Waals surface area contributed by atoms with Gasteiger partial charge >= 0.3 is 31.0 Å². The Morgan fingerprint density at radius 1 is 0.667 bits per heavy atom. The van der Waals surface area contributed by atoms with Gasteiger partial charge in [0.05, 0.1) is 11.8 Å². The molecule has 1 saturated heterocycles. The quantitative estimate of drug-likeness (QED) is 0.421. The van der Waals surface area contributed by atoms with Gasteiger partial charge in [-0.15, -0.1) is 26.3 Å². The third kappa shape index (κ3) is 5.67. The monoisotopic (exact) mass is 434 g/mol. The number of likely N-dealkylation sites (tertiary alicyclic amines) is 1. The molecule has 2 nitrogen and oxygen atoms in total. The summed E-state index contributed by atoms with van der Waals surface area (Å²) >= 11 is 0. The first-order chi connectivity index (χ1) is 11.8. The third-order valence-electron chi connectivity index (χ3n) is 3.56. The number of alkyl halides is 12. The van der Waals surface area contributed by atoms with E-state index in [1.807, 2.05) is 0 Å². The first-order valence-electron chi connectivity index (χ1n) is 6.63. The van der Waals surface area contributed by atoms with Gasteiger partial charge in [-0.2, -0.15) is 40.0 Å². The fourth-order valence-electron chi connectivity index (χ4n) is 2.48. The molecule has 0 amide bonds. The summed E-state index contributed by atoms with van der Waals surface area (Å²) in [6.07, 6.45) is -29.6. The van der Waals surface area contributed by atoms with E-state index in [4.69, 9.17) is 0 Å². The molecule has 2 atom stereocenters. The summed E-state index contributed by atoms with van der Waals surface area (Å²) in [4.78, 5) is -3.71. The summed E-state index contributed by atoms with van der Waals surface area (Å²) in [7, 11) is 0. The predicted octanol–water partition coefficient (Wildman–Crippen LogP) is 5.46. The molecule has 1 aliphatic rings. The van der Waals surface area contributed by atoms with Crippen LogP contribution in [-0.4, -0.2) is 47.8 Å². The minimum absolute atomic E-state index is 0.893. The molecule has 16 heteroatoms. The zero-order valence-electron chi connectivity index (χ0n) is 12.5. The molecule has 0 spiro atoms. The van der Waals surface area contributed by atoms with Crippen molar-refractivity contribution >= 4 is 0 Å². The zero-order chi connectivity index (χ0) is 21.6. The van der Waals surface area contributed by atoms with Crippen LogP contribution in [0.25, 0.3) is 0 Å². The van der Waals surface area contributed by atoms with Crippen molar-refractivity contribution in [1.29, 1.82) is 0 Å². The van der Waals surface area contributed by atoms with E-state index in [0.717, 1.165) is 0 Å². The smallest absolute Gasteiger partial charge is 0.352 e. The lowest BCUT2D eigenvalue weighted by atomic mass is 9.88. The Morgan fingerprint density at radius 2 is 1.00 bits per heavy atom. The Morgan fingerprint density at radius 3 is 1.22 bits per heavy atom.